The number of likely N-dealkylation sites (tertiary alicyclic amines) is 1. The van der Waals surface area contributed by atoms with Gasteiger partial charge in [-0.3, -0.25) is 4.90 Å². The molecule has 3 heteroatoms. The Bertz CT molecular complexity index is 512. The van der Waals surface area contributed by atoms with Crippen LogP contribution in [0.15, 0.2) is 42.7 Å². The predicted molar refractivity (Wildman–Crippen MR) is 76.9 cm³/mol. The van der Waals surface area contributed by atoms with Crippen LogP contribution in [0.2, 0.25) is 0 Å². The van der Waals surface area contributed by atoms with E-state index in [1.807, 2.05) is 12.4 Å². The lowest BCUT2D eigenvalue weighted by molar-refractivity contribution is 0.179. The van der Waals surface area contributed by atoms with Crippen LogP contribution in [0.3, 0.4) is 0 Å². The van der Waals surface area contributed by atoms with E-state index in [0.29, 0.717) is 6.04 Å². The Morgan fingerprint density at radius 2 is 1.79 bits per heavy atom. The number of piperidine rings is 1. The minimum absolute atomic E-state index is 0.293. The van der Waals surface area contributed by atoms with Gasteiger partial charge in [-0.05, 0) is 31.5 Å². The van der Waals surface area contributed by atoms with Gasteiger partial charge in [0.15, 0.2) is 0 Å². The zero-order valence-corrected chi connectivity index (χ0v) is 11.5. The molecular weight excluding hydrogens is 234 g/mol. The number of aromatic nitrogens is 2. The second kappa shape index (κ2) is 5.57. The van der Waals surface area contributed by atoms with E-state index in [9.17, 15) is 0 Å². The van der Waals surface area contributed by atoms with Crippen LogP contribution >= 0.6 is 0 Å². The highest BCUT2D eigenvalue weighted by Gasteiger charge is 2.26. The average Bonchev–Trinajstić information content (AvgIpc) is 2.88. The van der Waals surface area contributed by atoms with Crippen molar-refractivity contribution in [1.82, 2.24) is 14.5 Å². The third-order valence-electron chi connectivity index (χ3n) is 3.97. The molecule has 1 aromatic heterocycles. The van der Waals surface area contributed by atoms with Crippen molar-refractivity contribution in [2.75, 3.05) is 13.1 Å². The van der Waals surface area contributed by atoms with Gasteiger partial charge in [-0.15, -0.1) is 0 Å². The molecule has 19 heavy (non-hydrogen) atoms. The molecule has 3 nitrogen and oxygen atoms in total. The number of benzene rings is 1. The molecule has 2 heterocycles. The Kier molecular flexibility index (Phi) is 3.65. The summed E-state index contributed by atoms with van der Waals surface area (Å²) < 4.78 is 2.15. The largest absolute Gasteiger partial charge is 0.336 e. The zero-order chi connectivity index (χ0) is 13.1. The maximum Gasteiger partial charge on any atom is 0.130 e. The lowest BCUT2D eigenvalue weighted by atomic mass is 10.0. The van der Waals surface area contributed by atoms with Gasteiger partial charge in [0, 0.05) is 19.4 Å². The average molecular weight is 255 g/mol. The number of nitrogens with zero attached hydrogens (tertiary/aromatic N) is 3. The first-order valence-corrected chi connectivity index (χ1v) is 7.12. The zero-order valence-electron chi connectivity index (χ0n) is 11.5. The first-order chi connectivity index (χ1) is 9.36. The van der Waals surface area contributed by atoms with E-state index < -0.39 is 0 Å². The minimum atomic E-state index is 0.293. The van der Waals surface area contributed by atoms with Crippen LogP contribution in [-0.2, 0) is 7.05 Å². The molecule has 0 bridgehead atoms. The summed E-state index contributed by atoms with van der Waals surface area (Å²) in [4.78, 5) is 7.16. The summed E-state index contributed by atoms with van der Waals surface area (Å²) in [5.74, 6) is 1.15. The molecule has 1 fully saturated rings. The molecule has 2 aromatic rings. The number of hydrogen-bond acceptors (Lipinski definition) is 2. The molecule has 1 aliphatic rings. The van der Waals surface area contributed by atoms with Crippen molar-refractivity contribution in [3.05, 3.63) is 54.1 Å². The highest BCUT2D eigenvalue weighted by atomic mass is 15.2. The van der Waals surface area contributed by atoms with Crippen molar-refractivity contribution in [2.45, 2.75) is 25.3 Å². The molecule has 1 atom stereocenters. The maximum atomic E-state index is 4.59. The van der Waals surface area contributed by atoms with Crippen molar-refractivity contribution < 1.29 is 0 Å². The van der Waals surface area contributed by atoms with Gasteiger partial charge in [-0.2, -0.15) is 0 Å². The lowest BCUT2D eigenvalue weighted by Crippen LogP contribution is -2.35. The summed E-state index contributed by atoms with van der Waals surface area (Å²) >= 11 is 0. The highest BCUT2D eigenvalue weighted by Crippen LogP contribution is 2.29. The summed E-state index contributed by atoms with van der Waals surface area (Å²) in [6, 6.07) is 11.0. The van der Waals surface area contributed by atoms with Crippen LogP contribution in [0.25, 0.3) is 0 Å². The summed E-state index contributed by atoms with van der Waals surface area (Å²) in [6.45, 7) is 2.35. The number of rotatable bonds is 3. The van der Waals surface area contributed by atoms with E-state index in [-0.39, 0.29) is 0 Å². The van der Waals surface area contributed by atoms with Gasteiger partial charge in [-0.1, -0.05) is 36.8 Å². The Morgan fingerprint density at radius 1 is 1.05 bits per heavy atom. The van der Waals surface area contributed by atoms with E-state index >= 15 is 0 Å². The van der Waals surface area contributed by atoms with Gasteiger partial charge < -0.3 is 4.57 Å². The molecule has 100 valence electrons. The molecule has 1 aromatic carbocycles. The third-order valence-corrected chi connectivity index (χ3v) is 3.97. The molecule has 0 saturated carbocycles. The summed E-state index contributed by atoms with van der Waals surface area (Å²) in [6.07, 6.45) is 7.89. The molecule has 0 radical (unpaired) electrons. The van der Waals surface area contributed by atoms with Crippen molar-refractivity contribution >= 4 is 0 Å². The quantitative estimate of drug-likeness (QED) is 0.840. The van der Waals surface area contributed by atoms with Gasteiger partial charge in [0.25, 0.3) is 0 Å². The van der Waals surface area contributed by atoms with Crippen LogP contribution in [0.5, 0.6) is 0 Å². The normalized spacial score (nSPS) is 18.4. The Hall–Kier alpha value is -1.61. The van der Waals surface area contributed by atoms with Crippen LogP contribution in [-0.4, -0.2) is 27.5 Å². The molecule has 0 aliphatic carbocycles. The molecule has 1 aliphatic heterocycles. The summed E-state index contributed by atoms with van der Waals surface area (Å²) in [5.41, 5.74) is 1.35. The van der Waals surface area contributed by atoms with Crippen LogP contribution < -0.4 is 0 Å². The molecule has 0 spiro atoms. The smallest absolute Gasteiger partial charge is 0.130 e. The van der Waals surface area contributed by atoms with Crippen LogP contribution in [0.1, 0.15) is 36.7 Å². The Balaban J connectivity index is 1.98. The fourth-order valence-corrected chi connectivity index (χ4v) is 2.98. The first kappa shape index (κ1) is 12.4. The molecule has 3 rings (SSSR count). The van der Waals surface area contributed by atoms with Gasteiger partial charge in [-0.25, -0.2) is 4.98 Å². The first-order valence-electron chi connectivity index (χ1n) is 7.12. The fraction of sp³-hybridized carbons (Fsp3) is 0.438. The van der Waals surface area contributed by atoms with Crippen molar-refractivity contribution in [2.24, 2.45) is 7.05 Å². The van der Waals surface area contributed by atoms with Gasteiger partial charge in [0.2, 0.25) is 0 Å². The highest BCUT2D eigenvalue weighted by molar-refractivity contribution is 5.25. The number of imidazole rings is 1. The molecule has 1 unspecified atom stereocenters. The van der Waals surface area contributed by atoms with E-state index in [1.165, 1.54) is 37.9 Å². The van der Waals surface area contributed by atoms with Crippen LogP contribution in [0.4, 0.5) is 0 Å². The van der Waals surface area contributed by atoms with E-state index in [1.54, 1.807) is 0 Å². The van der Waals surface area contributed by atoms with Gasteiger partial charge in [0.05, 0.1) is 6.04 Å². The van der Waals surface area contributed by atoms with E-state index in [0.717, 1.165) is 5.82 Å². The molecular formula is C16H21N3. The maximum absolute atomic E-state index is 4.59. The number of hydrogen-bond donors (Lipinski definition) is 0. The van der Waals surface area contributed by atoms with Gasteiger partial charge >= 0.3 is 0 Å². The van der Waals surface area contributed by atoms with Crippen molar-refractivity contribution in [3.63, 3.8) is 0 Å². The Labute approximate surface area is 114 Å². The molecule has 0 N–H and O–H groups in total. The van der Waals surface area contributed by atoms with Gasteiger partial charge in [0.1, 0.15) is 5.82 Å². The Morgan fingerprint density at radius 3 is 2.42 bits per heavy atom. The number of aryl methyl sites for hydroxylation is 1. The SMILES string of the molecule is Cn1ccnc1C(c1ccccc1)N1CCCCC1. The summed E-state index contributed by atoms with van der Waals surface area (Å²) in [5, 5.41) is 0. The second-order valence-electron chi connectivity index (χ2n) is 5.31. The fourth-order valence-electron chi connectivity index (χ4n) is 2.98. The van der Waals surface area contributed by atoms with Crippen molar-refractivity contribution in [1.29, 1.82) is 0 Å². The van der Waals surface area contributed by atoms with E-state index in [2.05, 4.69) is 51.8 Å². The topological polar surface area (TPSA) is 21.1 Å². The molecule has 0 amide bonds. The lowest BCUT2D eigenvalue weighted by Gasteiger charge is -2.34. The monoisotopic (exact) mass is 255 g/mol. The van der Waals surface area contributed by atoms with E-state index in [4.69, 9.17) is 0 Å². The van der Waals surface area contributed by atoms with Crippen LogP contribution in [0, 0.1) is 0 Å². The molecule has 1 saturated heterocycles. The summed E-state index contributed by atoms with van der Waals surface area (Å²) in [7, 11) is 2.09. The predicted octanol–water partition coefficient (Wildman–Crippen LogP) is 3.00. The minimum Gasteiger partial charge on any atom is -0.336 e. The standard InChI is InChI=1S/C16H21N3/c1-18-13-10-17-16(18)15(14-8-4-2-5-9-14)19-11-6-3-7-12-19/h2,4-5,8-10,13,15H,3,6-7,11-12H2,1H3. The second-order valence-corrected chi connectivity index (χ2v) is 5.31. The third kappa shape index (κ3) is 2.56. The van der Waals surface area contributed by atoms with Crippen molar-refractivity contribution in [3.8, 4) is 0 Å².